The number of aryl methyl sites for hydroxylation is 1. The lowest BCUT2D eigenvalue weighted by Crippen LogP contribution is -2.17. The van der Waals surface area contributed by atoms with Gasteiger partial charge in [-0.15, -0.1) is 0 Å². The summed E-state index contributed by atoms with van der Waals surface area (Å²) in [6.07, 6.45) is 0. The van der Waals surface area contributed by atoms with E-state index in [0.717, 1.165) is 17.1 Å². The summed E-state index contributed by atoms with van der Waals surface area (Å²) in [5.41, 5.74) is 18.4. The van der Waals surface area contributed by atoms with E-state index in [9.17, 15) is 0 Å². The van der Waals surface area contributed by atoms with Crippen molar-refractivity contribution in [2.75, 3.05) is 4.90 Å². The minimum atomic E-state index is -0.191. The third kappa shape index (κ3) is 5.17. The lowest BCUT2D eigenvalue weighted by molar-refractivity contribution is 0.660. The highest BCUT2D eigenvalue weighted by Gasteiger charge is 2.36. The van der Waals surface area contributed by atoms with E-state index in [2.05, 4.69) is 218 Å². The molecule has 1 aromatic heterocycles. The van der Waals surface area contributed by atoms with Crippen LogP contribution in [0.3, 0.4) is 0 Å². The molecular weight excluding hydrogens is 653 g/mol. The molecule has 8 aromatic carbocycles. The molecule has 0 unspecified atom stereocenters. The Labute approximate surface area is 317 Å². The number of rotatable bonds is 6. The van der Waals surface area contributed by atoms with Gasteiger partial charge in [-0.1, -0.05) is 141 Å². The van der Waals surface area contributed by atoms with Crippen molar-refractivity contribution in [3.63, 3.8) is 0 Å². The average Bonchev–Trinajstić information content (AvgIpc) is 3.67. The molecule has 2 heteroatoms. The zero-order valence-electron chi connectivity index (χ0n) is 30.8. The first kappa shape index (κ1) is 32.0. The van der Waals surface area contributed by atoms with Gasteiger partial charge in [-0.3, -0.25) is 0 Å². The zero-order chi connectivity index (χ0) is 36.4. The van der Waals surface area contributed by atoms with E-state index in [1.54, 1.807) is 0 Å². The van der Waals surface area contributed by atoms with Crippen LogP contribution in [-0.2, 0) is 5.41 Å². The van der Waals surface area contributed by atoms with Gasteiger partial charge in [0.05, 0.1) is 11.0 Å². The van der Waals surface area contributed by atoms with Gasteiger partial charge in [-0.05, 0) is 118 Å². The van der Waals surface area contributed by atoms with Crippen molar-refractivity contribution in [3.8, 4) is 39.1 Å². The second-order valence-corrected chi connectivity index (χ2v) is 15.1. The van der Waals surface area contributed by atoms with E-state index in [1.807, 2.05) is 0 Å². The maximum atomic E-state index is 2.43. The van der Waals surface area contributed by atoms with Crippen LogP contribution in [0.2, 0.25) is 0 Å². The zero-order valence-corrected chi connectivity index (χ0v) is 30.8. The summed E-state index contributed by atoms with van der Waals surface area (Å²) in [6, 6.07) is 68.9. The Balaban J connectivity index is 1.03. The Hall–Kier alpha value is -6.64. The summed E-state index contributed by atoms with van der Waals surface area (Å²) in [5, 5.41) is 2.57. The number of anilines is 3. The molecule has 1 aliphatic carbocycles. The van der Waals surface area contributed by atoms with Crippen molar-refractivity contribution < 1.29 is 0 Å². The summed E-state index contributed by atoms with van der Waals surface area (Å²) in [5.74, 6) is 0. The predicted molar refractivity (Wildman–Crippen MR) is 229 cm³/mol. The molecule has 10 rings (SSSR count). The molecule has 258 valence electrons. The van der Waals surface area contributed by atoms with Crippen molar-refractivity contribution in [2.45, 2.75) is 26.2 Å². The van der Waals surface area contributed by atoms with Crippen LogP contribution in [0.4, 0.5) is 17.1 Å². The molecule has 0 bridgehead atoms. The number of para-hydroxylation sites is 3. The molecule has 0 amide bonds. The molecule has 0 saturated carbocycles. The normalized spacial score (nSPS) is 12.9. The molecule has 54 heavy (non-hydrogen) atoms. The minimum absolute atomic E-state index is 0.191. The average molecular weight is 693 g/mol. The lowest BCUT2D eigenvalue weighted by atomic mass is 9.82. The molecule has 0 atom stereocenters. The summed E-state index contributed by atoms with van der Waals surface area (Å²) in [7, 11) is 0. The second-order valence-electron chi connectivity index (χ2n) is 15.1. The number of hydrogen-bond acceptors (Lipinski definition) is 1. The van der Waals surface area contributed by atoms with Crippen LogP contribution in [-0.4, -0.2) is 4.57 Å². The molecule has 0 radical (unpaired) electrons. The summed E-state index contributed by atoms with van der Waals surface area (Å²) in [6.45, 7) is 6.91. The largest absolute Gasteiger partial charge is 0.310 e. The number of fused-ring (bicyclic) bond motifs is 6. The highest BCUT2D eigenvalue weighted by Crippen LogP contribution is 2.51. The van der Waals surface area contributed by atoms with E-state index < -0.39 is 0 Å². The molecule has 9 aromatic rings. The maximum absolute atomic E-state index is 2.43. The quantitative estimate of drug-likeness (QED) is 0.168. The highest BCUT2D eigenvalue weighted by atomic mass is 15.1. The van der Waals surface area contributed by atoms with Crippen LogP contribution in [0.5, 0.6) is 0 Å². The van der Waals surface area contributed by atoms with Crippen molar-refractivity contribution in [1.82, 2.24) is 4.57 Å². The first-order valence-electron chi connectivity index (χ1n) is 18.8. The molecule has 0 N–H and O–H groups in total. The smallest absolute Gasteiger partial charge is 0.0541 e. The summed E-state index contributed by atoms with van der Waals surface area (Å²) >= 11 is 0. The van der Waals surface area contributed by atoms with E-state index in [-0.39, 0.29) is 5.41 Å². The Kier molecular flexibility index (Phi) is 7.42. The molecule has 2 nitrogen and oxygen atoms in total. The van der Waals surface area contributed by atoms with Gasteiger partial charge in [0.1, 0.15) is 0 Å². The maximum Gasteiger partial charge on any atom is 0.0541 e. The number of nitrogens with zero attached hydrogens (tertiary/aromatic N) is 2. The van der Waals surface area contributed by atoms with Gasteiger partial charge in [0, 0.05) is 38.9 Å². The first-order valence-corrected chi connectivity index (χ1v) is 18.8. The molecule has 1 aliphatic rings. The van der Waals surface area contributed by atoms with Gasteiger partial charge in [0.15, 0.2) is 0 Å². The van der Waals surface area contributed by atoms with Crippen LogP contribution >= 0.6 is 0 Å². The highest BCUT2D eigenvalue weighted by molar-refractivity contribution is 6.09. The minimum Gasteiger partial charge on any atom is -0.310 e. The SMILES string of the molecule is Cc1cccc(-c2cccc(-c3ccc(N(c4ccccc4)c4ccc5c(c4)C(C)(C)c4cc(-n6c7ccccc7c7ccccc76)ccc4-5)cc3)c2)c1. The Morgan fingerprint density at radius 3 is 1.63 bits per heavy atom. The van der Waals surface area contributed by atoms with E-state index >= 15 is 0 Å². The first-order chi connectivity index (χ1) is 26.4. The third-order valence-electron chi connectivity index (χ3n) is 11.4. The van der Waals surface area contributed by atoms with Gasteiger partial charge >= 0.3 is 0 Å². The van der Waals surface area contributed by atoms with Crippen LogP contribution in [0.15, 0.2) is 188 Å². The molecule has 0 spiro atoms. The van der Waals surface area contributed by atoms with Crippen molar-refractivity contribution in [2.24, 2.45) is 0 Å². The summed E-state index contributed by atoms with van der Waals surface area (Å²) < 4.78 is 2.43. The molecular formula is C52H40N2. The van der Waals surface area contributed by atoms with Crippen LogP contribution in [0.25, 0.3) is 60.9 Å². The number of hydrogen-bond donors (Lipinski definition) is 0. The van der Waals surface area contributed by atoms with Crippen LogP contribution in [0.1, 0.15) is 30.5 Å². The third-order valence-corrected chi connectivity index (χ3v) is 11.4. The van der Waals surface area contributed by atoms with Crippen molar-refractivity contribution in [3.05, 3.63) is 205 Å². The van der Waals surface area contributed by atoms with E-state index in [1.165, 1.54) is 77.6 Å². The molecule has 1 heterocycles. The van der Waals surface area contributed by atoms with Crippen molar-refractivity contribution >= 4 is 38.9 Å². The van der Waals surface area contributed by atoms with E-state index in [0.29, 0.717) is 0 Å². The predicted octanol–water partition coefficient (Wildman–Crippen LogP) is 14.2. The van der Waals surface area contributed by atoms with Gasteiger partial charge in [-0.2, -0.15) is 0 Å². The standard InChI is InChI=1S/C52H40N2/c1-35-13-11-14-37(31-35)39-16-12-15-38(32-39)36-23-25-41(26-24-36)53(40-17-5-4-6-18-40)42-27-29-44-45-30-28-43(34-49(45)52(2,3)48(44)33-42)54-50-21-9-7-19-46(50)47-20-8-10-22-51(47)54/h4-34H,1-3H3. The fourth-order valence-electron chi connectivity index (χ4n) is 8.72. The van der Waals surface area contributed by atoms with Gasteiger partial charge in [0.2, 0.25) is 0 Å². The molecule has 0 aliphatic heterocycles. The monoisotopic (exact) mass is 692 g/mol. The lowest BCUT2D eigenvalue weighted by Gasteiger charge is -2.28. The Morgan fingerprint density at radius 1 is 0.407 bits per heavy atom. The van der Waals surface area contributed by atoms with Gasteiger partial charge < -0.3 is 9.47 Å². The number of benzene rings is 8. The van der Waals surface area contributed by atoms with Gasteiger partial charge in [-0.25, -0.2) is 0 Å². The van der Waals surface area contributed by atoms with Gasteiger partial charge in [0.25, 0.3) is 0 Å². The van der Waals surface area contributed by atoms with E-state index in [4.69, 9.17) is 0 Å². The fraction of sp³-hybridized carbons (Fsp3) is 0.0769. The topological polar surface area (TPSA) is 8.17 Å². The second kappa shape index (κ2) is 12.5. The Bertz CT molecular complexity index is 2800. The Morgan fingerprint density at radius 2 is 0.944 bits per heavy atom. The van der Waals surface area contributed by atoms with Crippen LogP contribution < -0.4 is 4.90 Å². The van der Waals surface area contributed by atoms with Crippen molar-refractivity contribution in [1.29, 1.82) is 0 Å². The summed E-state index contributed by atoms with van der Waals surface area (Å²) in [4.78, 5) is 2.38. The number of aromatic nitrogens is 1. The van der Waals surface area contributed by atoms with Crippen LogP contribution in [0, 0.1) is 6.92 Å². The fourth-order valence-corrected chi connectivity index (χ4v) is 8.72. The molecule has 0 fully saturated rings. The molecule has 0 saturated heterocycles.